The first-order valence-electron chi connectivity index (χ1n) is 11.2. The second kappa shape index (κ2) is 10.1. The van der Waals surface area contributed by atoms with E-state index in [1.807, 2.05) is 36.1 Å². The van der Waals surface area contributed by atoms with Crippen molar-refractivity contribution in [1.82, 2.24) is 14.2 Å². The number of benzene rings is 2. The quantitative estimate of drug-likeness (QED) is 0.277. The number of ether oxygens (including phenoxy) is 1. The Bertz CT molecular complexity index is 1380. The Labute approximate surface area is 203 Å². The Kier molecular flexibility index (Phi) is 7.10. The summed E-state index contributed by atoms with van der Waals surface area (Å²) in [6.07, 6.45) is 0. The molecule has 1 aliphatic rings. The maximum Gasteiger partial charge on any atom is 0.340 e. The lowest BCUT2D eigenvalue weighted by Crippen LogP contribution is -2.48. The van der Waals surface area contributed by atoms with Crippen LogP contribution in [0.5, 0.6) is 0 Å². The number of hydrogen-bond donors (Lipinski definition) is 0. The predicted octanol–water partition coefficient (Wildman–Crippen LogP) is 3.13. The highest BCUT2D eigenvalue weighted by Gasteiger charge is 2.34. The van der Waals surface area contributed by atoms with Crippen molar-refractivity contribution in [1.29, 1.82) is 0 Å². The monoisotopic (exact) mass is 498 g/mol. The molecule has 0 saturated carbocycles. The minimum absolute atomic E-state index is 0.162. The van der Waals surface area contributed by atoms with Gasteiger partial charge < -0.3 is 4.74 Å². The first kappa shape index (κ1) is 24.7. The zero-order chi connectivity index (χ0) is 25.2. The summed E-state index contributed by atoms with van der Waals surface area (Å²) in [7, 11) is -4.02. The molecule has 184 valence electrons. The molecular weight excluding hydrogens is 472 g/mol. The van der Waals surface area contributed by atoms with Crippen molar-refractivity contribution < 1.29 is 22.9 Å². The van der Waals surface area contributed by atoms with E-state index in [2.05, 4.69) is 0 Å². The predicted molar refractivity (Wildman–Crippen MR) is 130 cm³/mol. The summed E-state index contributed by atoms with van der Waals surface area (Å²) < 4.78 is 32.8. The number of hydrogen-bond acceptors (Lipinski definition) is 8. The first-order valence-corrected chi connectivity index (χ1v) is 12.7. The first-order chi connectivity index (χ1) is 16.7. The fourth-order valence-corrected chi connectivity index (χ4v) is 5.91. The minimum Gasteiger partial charge on any atom is -0.462 e. The number of nitro groups is 1. The van der Waals surface area contributed by atoms with E-state index in [0.717, 1.165) is 16.5 Å². The fourth-order valence-electron chi connectivity index (χ4n) is 4.33. The van der Waals surface area contributed by atoms with Crippen LogP contribution in [0.15, 0.2) is 53.4 Å². The number of aromatic nitrogens is 1. The molecule has 4 rings (SSSR count). The molecule has 1 saturated heterocycles. The Morgan fingerprint density at radius 2 is 1.74 bits per heavy atom. The molecule has 3 aromatic rings. The number of carbonyl (C=O) groups is 1. The summed E-state index contributed by atoms with van der Waals surface area (Å²) in [6.45, 7) is 5.30. The molecule has 0 aliphatic carbocycles. The second-order valence-electron chi connectivity index (χ2n) is 8.20. The molecule has 0 radical (unpaired) electrons. The number of sulfonamides is 1. The highest BCUT2D eigenvalue weighted by molar-refractivity contribution is 7.89. The summed E-state index contributed by atoms with van der Waals surface area (Å²) in [5.41, 5.74) is 2.13. The topological polar surface area (TPSA) is 123 Å². The highest BCUT2D eigenvalue weighted by Crippen LogP contribution is 2.28. The molecule has 0 spiro atoms. The second-order valence-corrected chi connectivity index (χ2v) is 10.1. The number of nitro benzene ring substituents is 1. The van der Waals surface area contributed by atoms with Crippen molar-refractivity contribution in [2.75, 3.05) is 32.8 Å². The van der Waals surface area contributed by atoms with E-state index in [-0.39, 0.29) is 24.6 Å². The molecule has 1 fully saturated rings. The fraction of sp³-hybridized carbons (Fsp3) is 0.333. The summed E-state index contributed by atoms with van der Waals surface area (Å²) in [4.78, 5) is 29.9. The number of fused-ring (bicyclic) bond motifs is 1. The number of esters is 1. The Hall–Kier alpha value is -3.41. The van der Waals surface area contributed by atoms with Crippen molar-refractivity contribution in [3.8, 4) is 0 Å². The van der Waals surface area contributed by atoms with Crippen LogP contribution in [0.3, 0.4) is 0 Å². The lowest BCUT2D eigenvalue weighted by molar-refractivity contribution is -0.387. The summed E-state index contributed by atoms with van der Waals surface area (Å²) >= 11 is 0. The highest BCUT2D eigenvalue weighted by atomic mass is 32.2. The van der Waals surface area contributed by atoms with Gasteiger partial charge in [-0.1, -0.05) is 30.3 Å². The third kappa shape index (κ3) is 4.88. The van der Waals surface area contributed by atoms with Crippen LogP contribution in [0.1, 0.15) is 28.5 Å². The lowest BCUT2D eigenvalue weighted by atomic mass is 10.0. The van der Waals surface area contributed by atoms with Gasteiger partial charge >= 0.3 is 5.97 Å². The molecule has 2 aromatic carbocycles. The minimum atomic E-state index is -4.02. The van der Waals surface area contributed by atoms with Crippen LogP contribution >= 0.6 is 0 Å². The Morgan fingerprint density at radius 1 is 1.09 bits per heavy atom. The Balaban J connectivity index is 1.56. The van der Waals surface area contributed by atoms with Gasteiger partial charge in [-0.2, -0.15) is 4.31 Å². The number of pyridine rings is 1. The van der Waals surface area contributed by atoms with E-state index in [1.165, 1.54) is 28.6 Å². The van der Waals surface area contributed by atoms with Gasteiger partial charge in [-0.15, -0.1) is 0 Å². The molecule has 0 amide bonds. The van der Waals surface area contributed by atoms with Gasteiger partial charge in [0.05, 0.1) is 28.3 Å². The summed E-state index contributed by atoms with van der Waals surface area (Å²) in [5, 5.41) is 12.2. The van der Waals surface area contributed by atoms with Crippen molar-refractivity contribution in [2.45, 2.75) is 25.3 Å². The van der Waals surface area contributed by atoms with Crippen LogP contribution in [0, 0.1) is 17.0 Å². The number of para-hydroxylation sites is 2. The number of piperazine rings is 1. The van der Waals surface area contributed by atoms with Crippen LogP contribution in [-0.4, -0.2) is 66.3 Å². The SMILES string of the molecule is CCOC(=O)c1c(CN2CCN(S(=O)(=O)c3ccccc3[N+](=O)[O-])CC2)nc2ccccc2c1C. The molecule has 0 atom stereocenters. The largest absolute Gasteiger partial charge is 0.462 e. The van der Waals surface area contributed by atoms with E-state index in [4.69, 9.17) is 9.72 Å². The maximum atomic E-state index is 13.1. The molecule has 1 aromatic heterocycles. The van der Waals surface area contributed by atoms with Crippen molar-refractivity contribution in [2.24, 2.45) is 0 Å². The van der Waals surface area contributed by atoms with Gasteiger partial charge in [0.2, 0.25) is 10.0 Å². The number of carbonyl (C=O) groups excluding carboxylic acids is 1. The van der Waals surface area contributed by atoms with Crippen molar-refractivity contribution in [3.05, 3.63) is 75.5 Å². The third-order valence-electron chi connectivity index (χ3n) is 6.09. The van der Waals surface area contributed by atoms with Crippen LogP contribution < -0.4 is 0 Å². The molecular formula is C24H26N4O6S. The van der Waals surface area contributed by atoms with Gasteiger partial charge in [0, 0.05) is 44.2 Å². The average Bonchev–Trinajstić information content (AvgIpc) is 2.84. The molecule has 35 heavy (non-hydrogen) atoms. The van der Waals surface area contributed by atoms with Crippen molar-refractivity contribution in [3.63, 3.8) is 0 Å². The van der Waals surface area contributed by atoms with Crippen LogP contribution in [-0.2, 0) is 21.3 Å². The number of rotatable bonds is 7. The van der Waals surface area contributed by atoms with Crippen LogP contribution in [0.4, 0.5) is 5.69 Å². The van der Waals surface area contributed by atoms with Crippen LogP contribution in [0.2, 0.25) is 0 Å². The standard InChI is InChI=1S/C24H26N4O6S/c1-3-34-24(29)23-17(2)18-8-4-5-9-19(18)25-20(23)16-26-12-14-27(15-13-26)35(32,33)22-11-7-6-10-21(22)28(30)31/h4-11H,3,12-16H2,1-2H3. The average molecular weight is 499 g/mol. The Morgan fingerprint density at radius 3 is 2.43 bits per heavy atom. The van der Waals surface area contributed by atoms with E-state index < -0.39 is 26.6 Å². The summed E-state index contributed by atoms with van der Waals surface area (Å²) in [5.74, 6) is -0.434. The van der Waals surface area contributed by atoms with Gasteiger partial charge in [-0.05, 0) is 31.5 Å². The smallest absolute Gasteiger partial charge is 0.340 e. The zero-order valence-electron chi connectivity index (χ0n) is 19.5. The summed E-state index contributed by atoms with van der Waals surface area (Å²) in [6, 6.07) is 12.9. The molecule has 10 nitrogen and oxygen atoms in total. The molecule has 1 aliphatic heterocycles. The molecule has 11 heteroatoms. The molecule has 0 N–H and O–H groups in total. The van der Waals surface area contributed by atoms with E-state index >= 15 is 0 Å². The van der Waals surface area contributed by atoms with Crippen molar-refractivity contribution >= 4 is 32.6 Å². The van der Waals surface area contributed by atoms with E-state index in [1.54, 1.807) is 6.92 Å². The maximum absolute atomic E-state index is 13.1. The van der Waals surface area contributed by atoms with E-state index in [9.17, 15) is 23.3 Å². The molecule has 0 unspecified atom stereocenters. The van der Waals surface area contributed by atoms with Gasteiger partial charge in [0.1, 0.15) is 0 Å². The van der Waals surface area contributed by atoms with Crippen LogP contribution in [0.25, 0.3) is 10.9 Å². The van der Waals surface area contributed by atoms with Gasteiger partial charge in [-0.25, -0.2) is 13.2 Å². The van der Waals surface area contributed by atoms with Gasteiger partial charge in [0.25, 0.3) is 5.69 Å². The zero-order valence-corrected chi connectivity index (χ0v) is 20.3. The van der Waals surface area contributed by atoms with E-state index in [0.29, 0.717) is 30.9 Å². The van der Waals surface area contributed by atoms with Gasteiger partial charge in [-0.3, -0.25) is 20.0 Å². The molecule has 0 bridgehead atoms. The lowest BCUT2D eigenvalue weighted by Gasteiger charge is -2.34. The van der Waals surface area contributed by atoms with Gasteiger partial charge in [0.15, 0.2) is 4.90 Å². The number of aryl methyl sites for hydroxylation is 1. The number of nitrogens with zero attached hydrogens (tertiary/aromatic N) is 4. The molecule has 2 heterocycles. The normalized spacial score (nSPS) is 15.3. The third-order valence-corrected chi connectivity index (χ3v) is 8.04.